The molecule has 0 saturated carbocycles. The molecule has 0 fully saturated rings. The summed E-state index contributed by atoms with van der Waals surface area (Å²) in [5.41, 5.74) is 0.201. The minimum atomic E-state index is -0.702. The van der Waals surface area contributed by atoms with Crippen molar-refractivity contribution in [1.82, 2.24) is 0 Å². The molecule has 0 aliphatic carbocycles. The highest BCUT2D eigenvalue weighted by Gasteiger charge is 2.19. The van der Waals surface area contributed by atoms with Gasteiger partial charge in [-0.3, -0.25) is 4.79 Å². The van der Waals surface area contributed by atoms with E-state index in [0.717, 1.165) is 32.1 Å². The molecule has 0 aromatic heterocycles. The molecule has 0 aromatic carbocycles. The summed E-state index contributed by atoms with van der Waals surface area (Å²) < 4.78 is 0. The molecular formula is C14H25NO2. The van der Waals surface area contributed by atoms with Gasteiger partial charge in [0.25, 0.3) is 0 Å². The number of carboxylic acid groups (broad SMARTS) is 1. The van der Waals surface area contributed by atoms with Crippen LogP contribution in [0, 0.1) is 22.7 Å². The fraction of sp³-hybridized carbons (Fsp3) is 0.857. The van der Waals surface area contributed by atoms with E-state index in [1.165, 1.54) is 0 Å². The van der Waals surface area contributed by atoms with Gasteiger partial charge in [-0.05, 0) is 37.0 Å². The van der Waals surface area contributed by atoms with Crippen molar-refractivity contribution in [2.75, 3.05) is 0 Å². The van der Waals surface area contributed by atoms with Gasteiger partial charge in [0, 0.05) is 12.8 Å². The molecule has 0 saturated heterocycles. The number of nitriles is 1. The Kier molecular flexibility index (Phi) is 7.61. The molecule has 0 aliphatic rings. The minimum Gasteiger partial charge on any atom is -0.481 e. The van der Waals surface area contributed by atoms with Crippen LogP contribution in [0.1, 0.15) is 65.7 Å². The summed E-state index contributed by atoms with van der Waals surface area (Å²) in [6, 6.07) is 2.19. The van der Waals surface area contributed by atoms with Gasteiger partial charge in [-0.2, -0.15) is 5.26 Å². The SMILES string of the molecule is CCC(CCC(=O)O)CCC(C)(C)CCC#N. The van der Waals surface area contributed by atoms with Crippen molar-refractivity contribution in [2.24, 2.45) is 11.3 Å². The quantitative estimate of drug-likeness (QED) is 0.661. The Morgan fingerprint density at radius 3 is 2.47 bits per heavy atom. The number of rotatable bonds is 9. The van der Waals surface area contributed by atoms with E-state index in [9.17, 15) is 4.79 Å². The fourth-order valence-electron chi connectivity index (χ4n) is 1.99. The van der Waals surface area contributed by atoms with Crippen molar-refractivity contribution in [2.45, 2.75) is 65.7 Å². The summed E-state index contributed by atoms with van der Waals surface area (Å²) in [5, 5.41) is 17.2. The van der Waals surface area contributed by atoms with Crippen LogP contribution in [0.2, 0.25) is 0 Å². The normalized spacial score (nSPS) is 13.1. The first-order valence-corrected chi connectivity index (χ1v) is 6.50. The van der Waals surface area contributed by atoms with Crippen molar-refractivity contribution in [1.29, 1.82) is 5.26 Å². The predicted molar refractivity (Wildman–Crippen MR) is 68.5 cm³/mol. The predicted octanol–water partition coefficient (Wildman–Crippen LogP) is 3.99. The standard InChI is InChI=1S/C14H25NO2/c1-4-12(6-7-13(16)17)8-10-14(2,3)9-5-11-15/h12H,4-10H2,1-3H3,(H,16,17). The van der Waals surface area contributed by atoms with E-state index in [-0.39, 0.29) is 11.8 Å². The van der Waals surface area contributed by atoms with Crippen LogP contribution in [0.25, 0.3) is 0 Å². The Labute approximate surface area is 105 Å². The summed E-state index contributed by atoms with van der Waals surface area (Å²) in [6.07, 6.45) is 5.78. The van der Waals surface area contributed by atoms with E-state index in [4.69, 9.17) is 10.4 Å². The number of carbonyl (C=O) groups is 1. The number of hydrogen-bond donors (Lipinski definition) is 1. The summed E-state index contributed by atoms with van der Waals surface area (Å²) in [5.74, 6) is -0.195. The number of hydrogen-bond acceptors (Lipinski definition) is 2. The van der Waals surface area contributed by atoms with Crippen LogP contribution in [0.3, 0.4) is 0 Å². The molecule has 1 unspecified atom stereocenters. The maximum atomic E-state index is 10.5. The van der Waals surface area contributed by atoms with Crippen LogP contribution >= 0.6 is 0 Å². The molecule has 3 nitrogen and oxygen atoms in total. The third-order valence-corrected chi connectivity index (χ3v) is 3.49. The lowest BCUT2D eigenvalue weighted by Gasteiger charge is -2.25. The molecule has 1 atom stereocenters. The van der Waals surface area contributed by atoms with E-state index in [2.05, 4.69) is 26.8 Å². The van der Waals surface area contributed by atoms with Gasteiger partial charge in [-0.1, -0.05) is 27.2 Å². The molecular weight excluding hydrogens is 214 g/mol. The molecule has 0 radical (unpaired) electrons. The number of aliphatic carboxylic acids is 1. The number of nitrogens with zero attached hydrogens (tertiary/aromatic N) is 1. The summed E-state index contributed by atoms with van der Waals surface area (Å²) >= 11 is 0. The zero-order valence-electron chi connectivity index (χ0n) is 11.3. The van der Waals surface area contributed by atoms with E-state index < -0.39 is 5.97 Å². The molecule has 0 spiro atoms. The van der Waals surface area contributed by atoms with Gasteiger partial charge >= 0.3 is 5.97 Å². The lowest BCUT2D eigenvalue weighted by atomic mass is 9.80. The molecule has 3 heteroatoms. The summed E-state index contributed by atoms with van der Waals surface area (Å²) in [4.78, 5) is 10.5. The summed E-state index contributed by atoms with van der Waals surface area (Å²) in [7, 11) is 0. The third-order valence-electron chi connectivity index (χ3n) is 3.49. The van der Waals surface area contributed by atoms with Crippen molar-refractivity contribution < 1.29 is 9.90 Å². The lowest BCUT2D eigenvalue weighted by molar-refractivity contribution is -0.137. The zero-order chi connectivity index (χ0) is 13.3. The molecule has 98 valence electrons. The molecule has 0 amide bonds. The highest BCUT2D eigenvalue weighted by Crippen LogP contribution is 2.31. The Morgan fingerprint density at radius 1 is 1.35 bits per heavy atom. The van der Waals surface area contributed by atoms with Crippen LogP contribution in [0.5, 0.6) is 0 Å². The second-order valence-electron chi connectivity index (χ2n) is 5.57. The average molecular weight is 239 g/mol. The molecule has 17 heavy (non-hydrogen) atoms. The van der Waals surface area contributed by atoms with Gasteiger partial charge in [-0.25, -0.2) is 0 Å². The maximum absolute atomic E-state index is 10.5. The fourth-order valence-corrected chi connectivity index (χ4v) is 1.99. The van der Waals surface area contributed by atoms with E-state index in [1.807, 2.05) is 0 Å². The smallest absolute Gasteiger partial charge is 0.303 e. The average Bonchev–Trinajstić information content (AvgIpc) is 2.26. The van der Waals surface area contributed by atoms with Crippen LogP contribution in [-0.2, 0) is 4.79 Å². The Hall–Kier alpha value is -1.04. The van der Waals surface area contributed by atoms with Crippen molar-refractivity contribution >= 4 is 5.97 Å². The first-order valence-electron chi connectivity index (χ1n) is 6.50. The Morgan fingerprint density at radius 2 is 2.00 bits per heavy atom. The van der Waals surface area contributed by atoms with Crippen LogP contribution in [0.15, 0.2) is 0 Å². The zero-order valence-corrected chi connectivity index (χ0v) is 11.3. The monoisotopic (exact) mass is 239 g/mol. The largest absolute Gasteiger partial charge is 0.481 e. The van der Waals surface area contributed by atoms with E-state index in [0.29, 0.717) is 12.3 Å². The first kappa shape index (κ1) is 16.0. The minimum absolute atomic E-state index is 0.201. The van der Waals surface area contributed by atoms with Crippen molar-refractivity contribution in [3.05, 3.63) is 0 Å². The molecule has 0 heterocycles. The highest BCUT2D eigenvalue weighted by atomic mass is 16.4. The molecule has 0 bridgehead atoms. The number of carboxylic acids is 1. The van der Waals surface area contributed by atoms with Gasteiger partial charge in [-0.15, -0.1) is 0 Å². The molecule has 1 N–H and O–H groups in total. The van der Waals surface area contributed by atoms with Crippen LogP contribution in [-0.4, -0.2) is 11.1 Å². The van der Waals surface area contributed by atoms with Crippen LogP contribution < -0.4 is 0 Å². The highest BCUT2D eigenvalue weighted by molar-refractivity contribution is 5.66. The second-order valence-corrected chi connectivity index (χ2v) is 5.57. The van der Waals surface area contributed by atoms with Gasteiger partial charge in [0.2, 0.25) is 0 Å². The Balaban J connectivity index is 3.96. The van der Waals surface area contributed by atoms with Gasteiger partial charge < -0.3 is 5.11 Å². The lowest BCUT2D eigenvalue weighted by Crippen LogP contribution is -2.14. The first-order chi connectivity index (χ1) is 7.91. The van der Waals surface area contributed by atoms with Crippen molar-refractivity contribution in [3.8, 4) is 6.07 Å². The van der Waals surface area contributed by atoms with Gasteiger partial charge in [0.05, 0.1) is 6.07 Å². The van der Waals surface area contributed by atoms with Gasteiger partial charge in [0.1, 0.15) is 0 Å². The topological polar surface area (TPSA) is 61.1 Å². The summed E-state index contributed by atoms with van der Waals surface area (Å²) in [6.45, 7) is 6.50. The maximum Gasteiger partial charge on any atom is 0.303 e. The van der Waals surface area contributed by atoms with Gasteiger partial charge in [0.15, 0.2) is 0 Å². The van der Waals surface area contributed by atoms with Crippen LogP contribution in [0.4, 0.5) is 0 Å². The van der Waals surface area contributed by atoms with E-state index in [1.54, 1.807) is 0 Å². The second kappa shape index (κ2) is 8.11. The Bertz CT molecular complexity index is 266. The molecule has 0 aliphatic heterocycles. The van der Waals surface area contributed by atoms with Crippen molar-refractivity contribution in [3.63, 3.8) is 0 Å². The molecule has 0 aromatic rings. The third kappa shape index (κ3) is 8.74. The van der Waals surface area contributed by atoms with E-state index >= 15 is 0 Å². The molecule has 0 rings (SSSR count).